The van der Waals surface area contributed by atoms with E-state index in [2.05, 4.69) is 11.0 Å². The van der Waals surface area contributed by atoms with Gasteiger partial charge in [-0.15, -0.1) is 0 Å². The summed E-state index contributed by atoms with van der Waals surface area (Å²) < 4.78 is 10.3. The maximum Gasteiger partial charge on any atom is 0.326 e. The van der Waals surface area contributed by atoms with Crippen LogP contribution in [0.15, 0.2) is 48.5 Å². The molecule has 140 valence electrons. The van der Waals surface area contributed by atoms with Crippen LogP contribution in [-0.2, 0) is 31.9 Å². The zero-order valence-electron chi connectivity index (χ0n) is 15.6. The first-order valence-electron chi connectivity index (χ1n) is 9.22. The summed E-state index contributed by atoms with van der Waals surface area (Å²) in [6, 6.07) is 15.4. The molecule has 1 atom stereocenters. The van der Waals surface area contributed by atoms with Crippen molar-refractivity contribution in [2.24, 2.45) is 5.41 Å². The Kier molecular flexibility index (Phi) is 4.38. The molecule has 0 N–H and O–H groups in total. The lowest BCUT2D eigenvalue weighted by atomic mass is 9.67. The number of aryl methyl sites for hydroxylation is 1. The van der Waals surface area contributed by atoms with E-state index in [1.54, 1.807) is 0 Å². The highest BCUT2D eigenvalue weighted by molar-refractivity contribution is 6.03. The van der Waals surface area contributed by atoms with Crippen molar-refractivity contribution in [3.05, 3.63) is 65.2 Å². The summed E-state index contributed by atoms with van der Waals surface area (Å²) in [5, 5.41) is 0. The van der Waals surface area contributed by atoms with E-state index in [0.717, 1.165) is 36.2 Å². The minimum absolute atomic E-state index is 0.269. The summed E-state index contributed by atoms with van der Waals surface area (Å²) >= 11 is 0. The molecule has 2 aliphatic heterocycles. The van der Waals surface area contributed by atoms with E-state index in [0.29, 0.717) is 0 Å². The van der Waals surface area contributed by atoms with E-state index < -0.39 is 23.4 Å². The molecule has 2 heterocycles. The minimum Gasteiger partial charge on any atom is -0.468 e. The molecule has 0 aromatic heterocycles. The van der Waals surface area contributed by atoms with Crippen molar-refractivity contribution in [3.63, 3.8) is 0 Å². The number of esters is 2. The fourth-order valence-corrected chi connectivity index (χ4v) is 4.75. The molecular weight excluding hydrogens is 342 g/mol. The van der Waals surface area contributed by atoms with Crippen molar-refractivity contribution in [3.8, 4) is 0 Å². The molecule has 5 heteroatoms. The normalized spacial score (nSPS) is 19.8. The van der Waals surface area contributed by atoms with Gasteiger partial charge in [-0.3, -0.25) is 9.59 Å². The van der Waals surface area contributed by atoms with Crippen LogP contribution in [0.4, 0.5) is 5.69 Å². The lowest BCUT2D eigenvalue weighted by Crippen LogP contribution is -2.57. The summed E-state index contributed by atoms with van der Waals surface area (Å²) in [5.74, 6) is -1.10. The summed E-state index contributed by atoms with van der Waals surface area (Å²) in [6.45, 7) is 0.777. The van der Waals surface area contributed by atoms with Crippen molar-refractivity contribution in [1.82, 2.24) is 0 Å². The molecule has 0 saturated heterocycles. The Balaban J connectivity index is 2.01. The number of anilines is 1. The number of rotatable bonds is 3. The number of hydrogen-bond acceptors (Lipinski definition) is 5. The van der Waals surface area contributed by atoms with Gasteiger partial charge in [0.1, 0.15) is 0 Å². The van der Waals surface area contributed by atoms with Gasteiger partial charge in [0.2, 0.25) is 0 Å². The molecule has 2 aromatic rings. The third-order valence-electron chi connectivity index (χ3n) is 5.80. The lowest BCUT2D eigenvalue weighted by molar-refractivity contribution is -0.171. The standard InChI is InChI=1S/C22H23NO4/c1-26-20(24)22(21(25)27-2)14-17-11-6-10-15-12-7-13-23(18(15)17)19(22)16-8-4-3-5-9-16/h3-6,8-11,19H,7,12-14H2,1-2H3. The predicted molar refractivity (Wildman–Crippen MR) is 101 cm³/mol. The summed E-state index contributed by atoms with van der Waals surface area (Å²) in [6.07, 6.45) is 2.24. The zero-order valence-corrected chi connectivity index (χ0v) is 15.6. The number of benzene rings is 2. The van der Waals surface area contributed by atoms with Crippen molar-refractivity contribution in [2.45, 2.75) is 25.3 Å². The molecule has 0 aliphatic carbocycles. The molecule has 0 bridgehead atoms. The van der Waals surface area contributed by atoms with Crippen LogP contribution in [0, 0.1) is 5.41 Å². The molecule has 0 saturated carbocycles. The molecule has 0 fully saturated rings. The highest BCUT2D eigenvalue weighted by Gasteiger charge is 2.60. The van der Waals surface area contributed by atoms with Crippen molar-refractivity contribution in [1.29, 1.82) is 0 Å². The molecular formula is C22H23NO4. The molecule has 0 amide bonds. The van der Waals surface area contributed by atoms with Crippen molar-refractivity contribution >= 4 is 17.6 Å². The first-order valence-corrected chi connectivity index (χ1v) is 9.22. The van der Waals surface area contributed by atoms with Crippen LogP contribution in [0.3, 0.4) is 0 Å². The van der Waals surface area contributed by atoms with Crippen molar-refractivity contribution < 1.29 is 19.1 Å². The average molecular weight is 365 g/mol. The lowest BCUT2D eigenvalue weighted by Gasteiger charge is -2.50. The fourth-order valence-electron chi connectivity index (χ4n) is 4.75. The van der Waals surface area contributed by atoms with Gasteiger partial charge in [0.05, 0.1) is 20.3 Å². The number of nitrogens with zero attached hydrogens (tertiary/aromatic N) is 1. The molecule has 4 rings (SSSR count). The molecule has 2 aromatic carbocycles. The number of ether oxygens (including phenoxy) is 2. The Hall–Kier alpha value is -2.82. The van der Waals surface area contributed by atoms with E-state index in [9.17, 15) is 9.59 Å². The third kappa shape index (κ3) is 2.52. The second kappa shape index (κ2) is 6.72. The molecule has 1 unspecified atom stereocenters. The second-order valence-electron chi connectivity index (χ2n) is 7.17. The molecule has 27 heavy (non-hydrogen) atoms. The van der Waals surface area contributed by atoms with Crippen LogP contribution in [0.5, 0.6) is 0 Å². The number of carbonyl (C=O) groups is 2. The van der Waals surface area contributed by atoms with E-state index in [1.807, 2.05) is 42.5 Å². The Labute approximate surface area is 158 Å². The third-order valence-corrected chi connectivity index (χ3v) is 5.80. The highest BCUT2D eigenvalue weighted by atomic mass is 16.5. The van der Waals surface area contributed by atoms with Gasteiger partial charge >= 0.3 is 11.9 Å². The SMILES string of the molecule is COC(=O)C1(C(=O)OC)Cc2cccc3c2N(CCC3)C1c1ccccc1. The topological polar surface area (TPSA) is 55.8 Å². The Morgan fingerprint density at radius 3 is 2.30 bits per heavy atom. The van der Waals surface area contributed by atoms with Crippen LogP contribution in [0.1, 0.15) is 29.2 Å². The first-order chi connectivity index (χ1) is 13.1. The number of methoxy groups -OCH3 is 2. The molecule has 2 aliphatic rings. The second-order valence-corrected chi connectivity index (χ2v) is 7.17. The number of hydrogen-bond donors (Lipinski definition) is 0. The van der Waals surface area contributed by atoms with E-state index in [4.69, 9.17) is 9.47 Å². The first kappa shape index (κ1) is 17.6. The predicted octanol–water partition coefficient (Wildman–Crippen LogP) is 3.07. The Bertz CT molecular complexity index is 861. The van der Waals surface area contributed by atoms with E-state index in [-0.39, 0.29) is 6.42 Å². The van der Waals surface area contributed by atoms with Gasteiger partial charge in [0.25, 0.3) is 0 Å². The smallest absolute Gasteiger partial charge is 0.326 e. The number of para-hydroxylation sites is 1. The summed E-state index contributed by atoms with van der Waals surface area (Å²) in [7, 11) is 2.66. The average Bonchev–Trinajstić information content (AvgIpc) is 2.73. The minimum atomic E-state index is -1.44. The number of carbonyl (C=O) groups excluding carboxylic acids is 2. The quantitative estimate of drug-likeness (QED) is 0.618. The highest BCUT2D eigenvalue weighted by Crippen LogP contribution is 2.53. The van der Waals surface area contributed by atoms with Gasteiger partial charge < -0.3 is 14.4 Å². The van der Waals surface area contributed by atoms with E-state index >= 15 is 0 Å². The summed E-state index contributed by atoms with van der Waals surface area (Å²) in [4.78, 5) is 28.4. The maximum atomic E-state index is 13.1. The van der Waals surface area contributed by atoms with Gasteiger partial charge in [0, 0.05) is 18.7 Å². The van der Waals surface area contributed by atoms with E-state index in [1.165, 1.54) is 19.8 Å². The molecule has 0 spiro atoms. The summed E-state index contributed by atoms with van der Waals surface area (Å²) in [5.41, 5.74) is 2.89. The Morgan fingerprint density at radius 1 is 0.963 bits per heavy atom. The fraction of sp³-hybridized carbons (Fsp3) is 0.364. The van der Waals surface area contributed by atoms with Crippen LogP contribution >= 0.6 is 0 Å². The van der Waals surface area contributed by atoms with Gasteiger partial charge in [-0.25, -0.2) is 0 Å². The van der Waals surface area contributed by atoms with Gasteiger partial charge in [-0.2, -0.15) is 0 Å². The van der Waals surface area contributed by atoms with Crippen LogP contribution < -0.4 is 4.90 Å². The van der Waals surface area contributed by atoms with Crippen molar-refractivity contribution in [2.75, 3.05) is 25.7 Å². The van der Waals surface area contributed by atoms with Gasteiger partial charge in [-0.05, 0) is 29.5 Å². The zero-order chi connectivity index (χ0) is 19.0. The molecule has 5 nitrogen and oxygen atoms in total. The van der Waals surface area contributed by atoms with Gasteiger partial charge in [-0.1, -0.05) is 48.5 Å². The largest absolute Gasteiger partial charge is 0.468 e. The monoisotopic (exact) mass is 365 g/mol. The maximum absolute atomic E-state index is 13.1. The van der Waals surface area contributed by atoms with Crippen LogP contribution in [0.2, 0.25) is 0 Å². The van der Waals surface area contributed by atoms with Gasteiger partial charge in [0.15, 0.2) is 5.41 Å². The molecule has 0 radical (unpaired) electrons. The Morgan fingerprint density at radius 2 is 1.63 bits per heavy atom. The van der Waals surface area contributed by atoms with Crippen LogP contribution in [-0.4, -0.2) is 32.7 Å². The van der Waals surface area contributed by atoms with Crippen LogP contribution in [0.25, 0.3) is 0 Å².